The van der Waals surface area contributed by atoms with Crippen molar-refractivity contribution in [1.82, 2.24) is 10.2 Å². The number of hydrogen-bond donors (Lipinski definition) is 1. The van der Waals surface area contributed by atoms with Gasteiger partial charge in [-0.2, -0.15) is 13.2 Å². The average molecular weight is 397 g/mol. The second kappa shape index (κ2) is 8.94. The van der Waals surface area contributed by atoms with Gasteiger partial charge in [0.2, 0.25) is 0 Å². The Morgan fingerprint density at radius 2 is 1.72 bits per heavy atom. The van der Waals surface area contributed by atoms with Crippen molar-refractivity contribution in [2.24, 2.45) is 5.92 Å². The van der Waals surface area contributed by atoms with Crippen molar-refractivity contribution >= 4 is 24.0 Å². The van der Waals surface area contributed by atoms with Gasteiger partial charge in [-0.1, -0.05) is 36.9 Å². The zero-order valence-electron chi connectivity index (χ0n) is 14.1. The molecular weight excluding hydrogens is 372 g/mol. The van der Waals surface area contributed by atoms with Gasteiger partial charge in [-0.3, -0.25) is 4.90 Å². The summed E-state index contributed by atoms with van der Waals surface area (Å²) in [6, 6.07) is 4.13. The third-order valence-electron chi connectivity index (χ3n) is 5.28. The van der Waals surface area contributed by atoms with Gasteiger partial charge in [-0.15, -0.1) is 12.4 Å². The normalized spacial score (nSPS) is 21.6. The second-order valence-electron chi connectivity index (χ2n) is 6.86. The SMILES string of the molecule is Cl.FC(F)(F)c1cc(Cl)ccc1[C@H](C1CCCCC1)N1CCNCC1. The Kier molecular flexibility index (Phi) is 7.44. The van der Waals surface area contributed by atoms with Crippen LogP contribution in [-0.2, 0) is 6.18 Å². The molecule has 3 rings (SSSR count). The first-order valence-corrected chi connectivity index (χ1v) is 9.16. The highest BCUT2D eigenvalue weighted by Gasteiger charge is 2.39. The molecule has 0 aromatic heterocycles. The number of benzene rings is 1. The number of alkyl halides is 3. The highest BCUT2D eigenvalue weighted by molar-refractivity contribution is 6.30. The van der Waals surface area contributed by atoms with E-state index in [0.29, 0.717) is 11.5 Å². The monoisotopic (exact) mass is 396 g/mol. The number of hydrogen-bond acceptors (Lipinski definition) is 2. The van der Waals surface area contributed by atoms with Crippen molar-refractivity contribution in [3.05, 3.63) is 34.3 Å². The first-order valence-electron chi connectivity index (χ1n) is 8.78. The van der Waals surface area contributed by atoms with E-state index >= 15 is 0 Å². The van der Waals surface area contributed by atoms with Crippen LogP contribution >= 0.6 is 24.0 Å². The molecule has 1 aliphatic heterocycles. The van der Waals surface area contributed by atoms with Crippen LogP contribution in [0.1, 0.15) is 49.3 Å². The van der Waals surface area contributed by atoms with E-state index in [1.165, 1.54) is 6.42 Å². The largest absolute Gasteiger partial charge is 0.416 e. The summed E-state index contributed by atoms with van der Waals surface area (Å²) in [6.07, 6.45) is 1.06. The maximum Gasteiger partial charge on any atom is 0.416 e. The number of halogens is 5. The molecule has 1 saturated carbocycles. The molecule has 7 heteroatoms. The zero-order valence-corrected chi connectivity index (χ0v) is 15.7. The minimum atomic E-state index is -4.37. The minimum absolute atomic E-state index is 0. The zero-order chi connectivity index (χ0) is 17.2. The Hall–Kier alpha value is -0.490. The van der Waals surface area contributed by atoms with Crippen LogP contribution in [0.15, 0.2) is 18.2 Å². The van der Waals surface area contributed by atoms with Crippen molar-refractivity contribution in [3.63, 3.8) is 0 Å². The Morgan fingerprint density at radius 3 is 2.32 bits per heavy atom. The predicted molar refractivity (Wildman–Crippen MR) is 97.5 cm³/mol. The van der Waals surface area contributed by atoms with Crippen molar-refractivity contribution in [2.75, 3.05) is 26.2 Å². The lowest BCUT2D eigenvalue weighted by Crippen LogP contribution is -2.47. The molecule has 1 aliphatic carbocycles. The Labute approximate surface area is 158 Å². The number of nitrogens with one attached hydrogen (secondary N) is 1. The van der Waals surface area contributed by atoms with Crippen LogP contribution in [0, 0.1) is 5.92 Å². The van der Waals surface area contributed by atoms with Crippen LogP contribution in [0.25, 0.3) is 0 Å². The molecular formula is C18H25Cl2F3N2. The summed E-state index contributed by atoms with van der Waals surface area (Å²) in [5.41, 5.74) is -0.162. The van der Waals surface area contributed by atoms with Crippen LogP contribution in [0.4, 0.5) is 13.2 Å². The van der Waals surface area contributed by atoms with E-state index in [1.54, 1.807) is 12.1 Å². The van der Waals surface area contributed by atoms with Gasteiger partial charge in [0.1, 0.15) is 0 Å². The Bertz CT molecular complexity index is 536. The fourth-order valence-electron chi connectivity index (χ4n) is 4.19. The van der Waals surface area contributed by atoms with E-state index in [4.69, 9.17) is 11.6 Å². The highest BCUT2D eigenvalue weighted by atomic mass is 35.5. The van der Waals surface area contributed by atoms with E-state index in [-0.39, 0.29) is 23.5 Å². The number of nitrogens with zero attached hydrogens (tertiary/aromatic N) is 1. The molecule has 1 N–H and O–H groups in total. The summed E-state index contributed by atoms with van der Waals surface area (Å²) in [5.74, 6) is 0.291. The van der Waals surface area contributed by atoms with Gasteiger partial charge in [-0.25, -0.2) is 0 Å². The van der Waals surface area contributed by atoms with E-state index in [9.17, 15) is 13.2 Å². The fourth-order valence-corrected chi connectivity index (χ4v) is 4.36. The average Bonchev–Trinajstić information content (AvgIpc) is 2.57. The smallest absolute Gasteiger partial charge is 0.314 e. The molecule has 142 valence electrons. The molecule has 2 fully saturated rings. The van der Waals surface area contributed by atoms with Gasteiger partial charge in [0.15, 0.2) is 0 Å². The van der Waals surface area contributed by atoms with Crippen LogP contribution in [0.3, 0.4) is 0 Å². The van der Waals surface area contributed by atoms with Crippen molar-refractivity contribution in [3.8, 4) is 0 Å². The van der Waals surface area contributed by atoms with Crippen LogP contribution in [-0.4, -0.2) is 31.1 Å². The minimum Gasteiger partial charge on any atom is -0.314 e. The Morgan fingerprint density at radius 1 is 1.08 bits per heavy atom. The highest BCUT2D eigenvalue weighted by Crippen LogP contribution is 2.44. The molecule has 0 unspecified atom stereocenters. The van der Waals surface area contributed by atoms with E-state index in [0.717, 1.165) is 57.9 Å². The van der Waals surface area contributed by atoms with Gasteiger partial charge in [0.05, 0.1) is 5.56 Å². The summed E-state index contributed by atoms with van der Waals surface area (Å²) in [5, 5.41) is 3.44. The van der Waals surface area contributed by atoms with Gasteiger partial charge >= 0.3 is 6.18 Å². The Balaban J connectivity index is 0.00000225. The van der Waals surface area contributed by atoms with Crippen molar-refractivity contribution < 1.29 is 13.2 Å². The third kappa shape index (κ3) is 5.03. The van der Waals surface area contributed by atoms with Gasteiger partial charge in [0.25, 0.3) is 0 Å². The second-order valence-corrected chi connectivity index (χ2v) is 7.29. The molecule has 1 aromatic carbocycles. The summed E-state index contributed by atoms with van der Waals surface area (Å²) in [7, 11) is 0. The molecule has 1 heterocycles. The lowest BCUT2D eigenvalue weighted by atomic mass is 9.79. The van der Waals surface area contributed by atoms with Gasteiger partial charge in [0, 0.05) is 37.2 Å². The van der Waals surface area contributed by atoms with E-state index in [1.807, 2.05) is 0 Å². The van der Waals surface area contributed by atoms with Crippen LogP contribution in [0.5, 0.6) is 0 Å². The standard InChI is InChI=1S/C18H24ClF3N2.ClH/c19-14-6-7-15(16(12-14)18(20,21)22)17(13-4-2-1-3-5-13)24-10-8-23-9-11-24;/h6-7,12-13,17,23H,1-5,8-11H2;1H/t17-;/m0./s1. The summed E-state index contributed by atoms with van der Waals surface area (Å²) >= 11 is 5.88. The molecule has 1 atom stereocenters. The topological polar surface area (TPSA) is 15.3 Å². The predicted octanol–water partition coefficient (Wildman–Crippen LogP) is 5.31. The van der Waals surface area contributed by atoms with Gasteiger partial charge in [-0.05, 0) is 36.5 Å². The summed E-state index contributed by atoms with van der Waals surface area (Å²) in [6.45, 7) is 3.25. The molecule has 25 heavy (non-hydrogen) atoms. The molecule has 0 bridgehead atoms. The van der Waals surface area contributed by atoms with Crippen LogP contribution in [0.2, 0.25) is 5.02 Å². The first kappa shape index (κ1) is 20.8. The summed E-state index contributed by atoms with van der Waals surface area (Å²) in [4.78, 5) is 2.24. The lowest BCUT2D eigenvalue weighted by Gasteiger charge is -2.42. The number of piperazine rings is 1. The van der Waals surface area contributed by atoms with Gasteiger partial charge < -0.3 is 5.32 Å². The molecule has 0 amide bonds. The van der Waals surface area contributed by atoms with Crippen molar-refractivity contribution in [2.45, 2.75) is 44.3 Å². The third-order valence-corrected chi connectivity index (χ3v) is 5.52. The lowest BCUT2D eigenvalue weighted by molar-refractivity contribution is -0.139. The summed E-state index contributed by atoms with van der Waals surface area (Å²) < 4.78 is 40.9. The van der Waals surface area contributed by atoms with E-state index < -0.39 is 11.7 Å². The molecule has 2 nitrogen and oxygen atoms in total. The molecule has 1 saturated heterocycles. The first-order chi connectivity index (χ1) is 11.5. The fraction of sp³-hybridized carbons (Fsp3) is 0.667. The molecule has 1 aromatic rings. The maximum atomic E-state index is 13.6. The maximum absolute atomic E-state index is 13.6. The van der Waals surface area contributed by atoms with E-state index in [2.05, 4.69) is 10.2 Å². The molecule has 0 radical (unpaired) electrons. The quantitative estimate of drug-likeness (QED) is 0.744. The number of rotatable bonds is 3. The van der Waals surface area contributed by atoms with Crippen LogP contribution < -0.4 is 5.32 Å². The molecule has 2 aliphatic rings. The molecule has 0 spiro atoms. The van der Waals surface area contributed by atoms with Crippen molar-refractivity contribution in [1.29, 1.82) is 0 Å².